The van der Waals surface area contributed by atoms with Gasteiger partial charge in [-0.1, -0.05) is 42.4 Å². The van der Waals surface area contributed by atoms with E-state index in [1.165, 1.54) is 25.7 Å². The van der Waals surface area contributed by atoms with Gasteiger partial charge in [-0.15, -0.1) is 0 Å². The molecule has 14 heavy (non-hydrogen) atoms. The molecule has 0 unspecified atom stereocenters. The molecule has 0 aromatic carbocycles. The van der Waals surface area contributed by atoms with E-state index in [9.17, 15) is 0 Å². The number of nitrogens with two attached hydrogens (primary N) is 1. The zero-order chi connectivity index (χ0) is 9.97. The highest BCUT2D eigenvalue weighted by molar-refractivity contribution is 6.30. The van der Waals surface area contributed by atoms with Gasteiger partial charge >= 0.3 is 0 Å². The van der Waals surface area contributed by atoms with Crippen molar-refractivity contribution in [3.8, 4) is 0 Å². The lowest BCUT2D eigenvalue weighted by atomic mass is 9.94. The second kappa shape index (κ2) is 4.22. The van der Waals surface area contributed by atoms with Crippen LogP contribution >= 0.6 is 11.6 Å². The van der Waals surface area contributed by atoms with Crippen LogP contribution in [0, 0.1) is 0 Å². The first kappa shape index (κ1) is 9.84. The average Bonchev–Trinajstić information content (AvgIpc) is 2.45. The van der Waals surface area contributed by atoms with Crippen LogP contribution in [-0.4, -0.2) is 5.16 Å². The Morgan fingerprint density at radius 2 is 1.86 bits per heavy atom. The Morgan fingerprint density at radius 1 is 1.21 bits per heavy atom. The maximum atomic E-state index is 5.95. The van der Waals surface area contributed by atoms with E-state index in [4.69, 9.17) is 21.9 Å². The van der Waals surface area contributed by atoms with Crippen LogP contribution in [0.25, 0.3) is 0 Å². The number of hydrogen-bond acceptors (Lipinski definition) is 3. The third kappa shape index (κ3) is 1.87. The lowest BCUT2D eigenvalue weighted by Crippen LogP contribution is -2.00. The summed E-state index contributed by atoms with van der Waals surface area (Å²) in [5.74, 6) is 0.859. The van der Waals surface area contributed by atoms with Crippen molar-refractivity contribution in [3.05, 3.63) is 10.7 Å². The standard InChI is InChI=1S/C10H15ClN2O/c11-9-8(10(12)14-13-9)7-5-3-1-2-4-6-7/h7H,1-6,12H2. The molecule has 0 radical (unpaired) electrons. The third-order valence-electron chi connectivity index (χ3n) is 2.98. The number of nitrogens with zero attached hydrogens (tertiary/aromatic N) is 1. The Bertz CT molecular complexity index is 284. The van der Waals surface area contributed by atoms with Gasteiger partial charge < -0.3 is 10.3 Å². The minimum atomic E-state index is 0.405. The molecule has 4 heteroatoms. The SMILES string of the molecule is Nc1onc(Cl)c1C1CCCCCC1. The molecule has 0 atom stereocenters. The molecule has 0 saturated heterocycles. The molecule has 1 aromatic heterocycles. The van der Waals surface area contributed by atoms with Crippen LogP contribution in [0.2, 0.25) is 5.15 Å². The van der Waals surface area contributed by atoms with Crippen molar-refractivity contribution in [1.82, 2.24) is 5.16 Å². The normalized spacial score (nSPS) is 19.5. The van der Waals surface area contributed by atoms with E-state index < -0.39 is 0 Å². The minimum Gasteiger partial charge on any atom is -0.367 e. The molecule has 1 aliphatic carbocycles. The molecule has 1 saturated carbocycles. The second-order valence-electron chi connectivity index (χ2n) is 3.94. The highest BCUT2D eigenvalue weighted by Crippen LogP contribution is 2.38. The van der Waals surface area contributed by atoms with E-state index >= 15 is 0 Å². The molecule has 0 amide bonds. The van der Waals surface area contributed by atoms with Crippen LogP contribution < -0.4 is 5.73 Å². The fourth-order valence-corrected chi connectivity index (χ4v) is 2.51. The number of halogens is 1. The van der Waals surface area contributed by atoms with Gasteiger partial charge in [-0.3, -0.25) is 0 Å². The maximum absolute atomic E-state index is 5.95. The van der Waals surface area contributed by atoms with Crippen molar-refractivity contribution in [3.63, 3.8) is 0 Å². The lowest BCUT2D eigenvalue weighted by molar-refractivity contribution is 0.435. The Labute approximate surface area is 88.6 Å². The molecule has 1 aliphatic rings. The Morgan fingerprint density at radius 3 is 2.36 bits per heavy atom. The quantitative estimate of drug-likeness (QED) is 0.730. The summed E-state index contributed by atoms with van der Waals surface area (Å²) in [5, 5.41) is 4.14. The van der Waals surface area contributed by atoms with Crippen molar-refractivity contribution in [1.29, 1.82) is 0 Å². The minimum absolute atomic E-state index is 0.405. The molecule has 0 spiro atoms. The zero-order valence-electron chi connectivity index (χ0n) is 8.13. The fourth-order valence-electron chi connectivity index (χ4n) is 2.23. The molecule has 0 aliphatic heterocycles. The molecular formula is C10H15ClN2O. The van der Waals surface area contributed by atoms with Crippen LogP contribution in [-0.2, 0) is 0 Å². The van der Waals surface area contributed by atoms with Gasteiger partial charge in [0.05, 0.1) is 5.56 Å². The first-order chi connectivity index (χ1) is 6.79. The topological polar surface area (TPSA) is 52.0 Å². The van der Waals surface area contributed by atoms with Crippen LogP contribution in [0.4, 0.5) is 5.88 Å². The number of nitrogen functional groups attached to an aromatic ring is 1. The average molecular weight is 215 g/mol. The maximum Gasteiger partial charge on any atom is 0.227 e. The third-order valence-corrected chi connectivity index (χ3v) is 3.25. The van der Waals surface area contributed by atoms with E-state index in [0.29, 0.717) is 17.0 Å². The van der Waals surface area contributed by atoms with Crippen LogP contribution in [0.5, 0.6) is 0 Å². The van der Waals surface area contributed by atoms with Gasteiger partial charge in [0, 0.05) is 0 Å². The van der Waals surface area contributed by atoms with E-state index in [2.05, 4.69) is 5.16 Å². The van der Waals surface area contributed by atoms with Crippen molar-refractivity contribution in [2.45, 2.75) is 44.4 Å². The molecule has 3 nitrogen and oxygen atoms in total. The molecule has 1 aromatic rings. The predicted octanol–water partition coefficient (Wildman–Crippen LogP) is 3.35. The number of aromatic nitrogens is 1. The summed E-state index contributed by atoms with van der Waals surface area (Å²) in [6.45, 7) is 0. The second-order valence-corrected chi connectivity index (χ2v) is 4.30. The van der Waals surface area contributed by atoms with Gasteiger partial charge in [0.15, 0.2) is 5.15 Å². The first-order valence-electron chi connectivity index (χ1n) is 5.19. The largest absolute Gasteiger partial charge is 0.367 e. The molecule has 2 rings (SSSR count). The van der Waals surface area contributed by atoms with Crippen molar-refractivity contribution < 1.29 is 4.52 Å². The summed E-state index contributed by atoms with van der Waals surface area (Å²) in [7, 11) is 0. The zero-order valence-corrected chi connectivity index (χ0v) is 8.89. The summed E-state index contributed by atoms with van der Waals surface area (Å²) < 4.78 is 4.89. The van der Waals surface area contributed by atoms with Crippen LogP contribution in [0.3, 0.4) is 0 Å². The van der Waals surface area contributed by atoms with Crippen molar-refractivity contribution in [2.75, 3.05) is 5.73 Å². The van der Waals surface area contributed by atoms with Crippen molar-refractivity contribution >= 4 is 17.5 Å². The summed E-state index contributed by atoms with van der Waals surface area (Å²) in [5.41, 5.74) is 6.65. The van der Waals surface area contributed by atoms with Gasteiger partial charge in [0.1, 0.15) is 0 Å². The van der Waals surface area contributed by atoms with Crippen LogP contribution in [0.1, 0.15) is 50.0 Å². The van der Waals surface area contributed by atoms with E-state index in [0.717, 1.165) is 18.4 Å². The Kier molecular flexibility index (Phi) is 2.96. The van der Waals surface area contributed by atoms with Gasteiger partial charge in [-0.05, 0) is 18.8 Å². The smallest absolute Gasteiger partial charge is 0.227 e. The predicted molar refractivity (Wildman–Crippen MR) is 56.4 cm³/mol. The number of hydrogen-bond donors (Lipinski definition) is 1. The molecule has 0 bridgehead atoms. The number of rotatable bonds is 1. The molecule has 1 fully saturated rings. The lowest BCUT2D eigenvalue weighted by Gasteiger charge is -2.11. The number of anilines is 1. The summed E-state index contributed by atoms with van der Waals surface area (Å²) >= 11 is 5.95. The van der Waals surface area contributed by atoms with Gasteiger partial charge in [-0.2, -0.15) is 0 Å². The van der Waals surface area contributed by atoms with Gasteiger partial charge in [0.25, 0.3) is 0 Å². The Hall–Kier alpha value is -0.700. The summed E-state index contributed by atoms with van der Waals surface area (Å²) in [6.07, 6.45) is 7.46. The molecule has 2 N–H and O–H groups in total. The monoisotopic (exact) mass is 214 g/mol. The van der Waals surface area contributed by atoms with Crippen LogP contribution in [0.15, 0.2) is 4.52 Å². The van der Waals surface area contributed by atoms with E-state index in [-0.39, 0.29) is 0 Å². The first-order valence-corrected chi connectivity index (χ1v) is 5.57. The van der Waals surface area contributed by atoms with E-state index in [1.807, 2.05) is 0 Å². The summed E-state index contributed by atoms with van der Waals surface area (Å²) in [6, 6.07) is 0. The van der Waals surface area contributed by atoms with Gasteiger partial charge in [0.2, 0.25) is 5.88 Å². The Balaban J connectivity index is 2.19. The highest BCUT2D eigenvalue weighted by atomic mass is 35.5. The van der Waals surface area contributed by atoms with Crippen molar-refractivity contribution in [2.24, 2.45) is 0 Å². The summed E-state index contributed by atoms with van der Waals surface area (Å²) in [4.78, 5) is 0. The molecule has 1 heterocycles. The molecule has 78 valence electrons. The molecular weight excluding hydrogens is 200 g/mol. The highest BCUT2D eigenvalue weighted by Gasteiger charge is 2.23. The van der Waals surface area contributed by atoms with Gasteiger partial charge in [-0.25, -0.2) is 0 Å². The fraction of sp³-hybridized carbons (Fsp3) is 0.700. The van der Waals surface area contributed by atoms with E-state index in [1.54, 1.807) is 0 Å².